The van der Waals surface area contributed by atoms with Crippen molar-refractivity contribution in [3.63, 3.8) is 0 Å². The Morgan fingerprint density at radius 2 is 1.84 bits per heavy atom. The zero-order chi connectivity index (χ0) is 21.8. The Labute approximate surface area is 185 Å². The highest BCUT2D eigenvalue weighted by Crippen LogP contribution is 2.42. The summed E-state index contributed by atoms with van der Waals surface area (Å²) < 4.78 is 5.44. The fourth-order valence-electron chi connectivity index (χ4n) is 5.14. The molecule has 0 unspecified atom stereocenters. The molecule has 4 heterocycles. The highest BCUT2D eigenvalue weighted by atomic mass is 16.3. The number of para-hydroxylation sites is 1. The van der Waals surface area contributed by atoms with Crippen molar-refractivity contribution < 1.29 is 14.0 Å². The Kier molecular flexibility index (Phi) is 4.21. The second-order valence-corrected chi connectivity index (χ2v) is 8.67. The number of rotatable bonds is 3. The number of carbonyl (C=O) groups excluding carboxylic acids is 2. The molecule has 2 atom stereocenters. The van der Waals surface area contributed by atoms with Gasteiger partial charge < -0.3 is 19.2 Å². The van der Waals surface area contributed by atoms with Crippen LogP contribution in [0.1, 0.15) is 34.2 Å². The summed E-state index contributed by atoms with van der Waals surface area (Å²) in [5.74, 6) is 0.600. The molecule has 32 heavy (non-hydrogen) atoms. The first kappa shape index (κ1) is 18.9. The van der Waals surface area contributed by atoms with Gasteiger partial charge in [0.15, 0.2) is 0 Å². The Bertz CT molecular complexity index is 1320. The van der Waals surface area contributed by atoms with Crippen LogP contribution in [0, 0.1) is 6.92 Å². The van der Waals surface area contributed by atoms with E-state index < -0.39 is 6.04 Å². The molecule has 2 aromatic carbocycles. The molecule has 6 heteroatoms. The minimum atomic E-state index is -0.538. The number of fused-ring (bicyclic) bond motifs is 4. The molecular weight excluding hydrogens is 402 g/mol. The van der Waals surface area contributed by atoms with Crippen LogP contribution in [0.4, 0.5) is 0 Å². The Morgan fingerprint density at radius 3 is 2.62 bits per heavy atom. The second kappa shape index (κ2) is 7.12. The van der Waals surface area contributed by atoms with Crippen LogP contribution in [0.25, 0.3) is 10.9 Å². The van der Waals surface area contributed by atoms with Gasteiger partial charge >= 0.3 is 0 Å². The van der Waals surface area contributed by atoms with Crippen molar-refractivity contribution in [2.75, 3.05) is 6.54 Å². The number of benzene rings is 2. The van der Waals surface area contributed by atoms with Gasteiger partial charge in [0.1, 0.15) is 18.3 Å². The zero-order valence-corrected chi connectivity index (χ0v) is 17.7. The maximum Gasteiger partial charge on any atom is 0.246 e. The van der Waals surface area contributed by atoms with Crippen molar-refractivity contribution in [3.8, 4) is 0 Å². The molecule has 1 fully saturated rings. The first-order chi connectivity index (χ1) is 15.6. The van der Waals surface area contributed by atoms with Crippen molar-refractivity contribution in [2.45, 2.75) is 32.0 Å². The molecule has 4 aromatic rings. The lowest BCUT2D eigenvalue weighted by Gasteiger charge is -2.47. The second-order valence-electron chi connectivity index (χ2n) is 8.67. The summed E-state index contributed by atoms with van der Waals surface area (Å²) in [6, 6.07) is 19.1. The van der Waals surface area contributed by atoms with Crippen LogP contribution in [0.15, 0.2) is 71.3 Å². The molecule has 1 saturated heterocycles. The fourth-order valence-corrected chi connectivity index (χ4v) is 5.14. The number of amides is 2. The molecule has 0 spiro atoms. The number of nitrogens with one attached hydrogen (secondary N) is 1. The molecule has 0 aliphatic carbocycles. The van der Waals surface area contributed by atoms with Gasteiger partial charge in [-0.15, -0.1) is 0 Å². The number of piperazine rings is 1. The number of furan rings is 1. The predicted molar refractivity (Wildman–Crippen MR) is 120 cm³/mol. The minimum Gasteiger partial charge on any atom is -0.467 e. The van der Waals surface area contributed by atoms with Crippen molar-refractivity contribution in [2.24, 2.45) is 0 Å². The molecule has 160 valence electrons. The number of aromatic nitrogens is 1. The molecule has 0 bridgehead atoms. The van der Waals surface area contributed by atoms with Gasteiger partial charge in [-0.2, -0.15) is 0 Å². The number of aromatic amines is 1. The molecule has 2 amide bonds. The van der Waals surface area contributed by atoms with Gasteiger partial charge in [-0.05, 0) is 36.2 Å². The van der Waals surface area contributed by atoms with Crippen LogP contribution in [0.2, 0.25) is 0 Å². The van der Waals surface area contributed by atoms with Gasteiger partial charge in [-0.25, -0.2) is 0 Å². The largest absolute Gasteiger partial charge is 0.467 e. The molecule has 2 aliphatic heterocycles. The topological polar surface area (TPSA) is 69.5 Å². The van der Waals surface area contributed by atoms with Crippen LogP contribution in [-0.2, 0) is 22.6 Å². The third-order valence-electron chi connectivity index (χ3n) is 6.66. The quantitative estimate of drug-likeness (QED) is 0.540. The molecule has 0 radical (unpaired) electrons. The molecule has 6 rings (SSSR count). The van der Waals surface area contributed by atoms with Crippen LogP contribution in [-0.4, -0.2) is 39.2 Å². The Morgan fingerprint density at radius 1 is 1.03 bits per heavy atom. The normalized spacial score (nSPS) is 20.5. The van der Waals surface area contributed by atoms with Crippen LogP contribution >= 0.6 is 0 Å². The van der Waals surface area contributed by atoms with E-state index in [2.05, 4.69) is 35.3 Å². The van der Waals surface area contributed by atoms with Gasteiger partial charge in [0, 0.05) is 23.0 Å². The fraction of sp³-hybridized carbons (Fsp3) is 0.231. The summed E-state index contributed by atoms with van der Waals surface area (Å²) in [6.07, 6.45) is 2.09. The number of nitrogens with zero attached hydrogens (tertiary/aromatic N) is 2. The van der Waals surface area contributed by atoms with E-state index in [1.54, 1.807) is 22.1 Å². The lowest BCUT2D eigenvalue weighted by molar-refractivity contribution is -0.159. The molecular formula is C26H23N3O3. The molecule has 0 saturated carbocycles. The standard InChI is InChI=1S/C26H23N3O3/c1-16-8-10-17(11-9-16)25-24-20(19-6-2-3-7-21(19)27-24)13-22-26(31)28(15-23(30)29(22)25)14-18-5-4-12-32-18/h2-12,22,25,27H,13-15H2,1H3/t22-,25+/m0/s1. The lowest BCUT2D eigenvalue weighted by Crippen LogP contribution is -2.62. The molecule has 6 nitrogen and oxygen atoms in total. The van der Waals surface area contributed by atoms with E-state index in [9.17, 15) is 9.59 Å². The van der Waals surface area contributed by atoms with E-state index in [1.165, 1.54) is 0 Å². The summed E-state index contributed by atoms with van der Waals surface area (Å²) in [5, 5.41) is 1.11. The maximum absolute atomic E-state index is 13.6. The SMILES string of the molecule is Cc1ccc([C@@H]2c3[nH]c4ccccc4c3C[C@H]3C(=O)N(Cc4ccco4)CC(=O)N23)cc1. The smallest absolute Gasteiger partial charge is 0.246 e. The number of H-pyrrole nitrogens is 1. The van der Waals surface area contributed by atoms with E-state index in [0.717, 1.165) is 33.3 Å². The van der Waals surface area contributed by atoms with Crippen LogP contribution in [0.5, 0.6) is 0 Å². The van der Waals surface area contributed by atoms with Gasteiger partial charge in [0.2, 0.25) is 11.8 Å². The number of carbonyl (C=O) groups is 2. The number of hydrogen-bond donors (Lipinski definition) is 1. The van der Waals surface area contributed by atoms with Gasteiger partial charge in [-0.1, -0.05) is 48.0 Å². The predicted octanol–water partition coefficient (Wildman–Crippen LogP) is 3.95. The summed E-state index contributed by atoms with van der Waals surface area (Å²) in [4.78, 5) is 34.1. The van der Waals surface area contributed by atoms with E-state index >= 15 is 0 Å². The van der Waals surface area contributed by atoms with Crippen molar-refractivity contribution in [3.05, 3.63) is 95.1 Å². The molecule has 1 N–H and O–H groups in total. The van der Waals surface area contributed by atoms with Gasteiger partial charge in [0.05, 0.1) is 18.8 Å². The maximum atomic E-state index is 13.6. The summed E-state index contributed by atoms with van der Waals surface area (Å²) in [6.45, 7) is 2.40. The van der Waals surface area contributed by atoms with E-state index in [0.29, 0.717) is 18.7 Å². The summed E-state index contributed by atoms with van der Waals surface area (Å²) in [5.41, 5.74) is 5.32. The van der Waals surface area contributed by atoms with Crippen molar-refractivity contribution >= 4 is 22.7 Å². The average Bonchev–Trinajstić information content (AvgIpc) is 3.44. The first-order valence-corrected chi connectivity index (χ1v) is 10.9. The third kappa shape index (κ3) is 2.87. The van der Waals surface area contributed by atoms with E-state index in [-0.39, 0.29) is 24.4 Å². The highest BCUT2D eigenvalue weighted by Gasteiger charge is 2.48. The third-order valence-corrected chi connectivity index (χ3v) is 6.66. The Balaban J connectivity index is 1.48. The minimum absolute atomic E-state index is 0.0333. The van der Waals surface area contributed by atoms with Crippen molar-refractivity contribution in [1.29, 1.82) is 0 Å². The number of hydrogen-bond acceptors (Lipinski definition) is 3. The molecule has 2 aromatic heterocycles. The first-order valence-electron chi connectivity index (χ1n) is 10.9. The van der Waals surface area contributed by atoms with E-state index in [4.69, 9.17) is 4.42 Å². The highest BCUT2D eigenvalue weighted by molar-refractivity contribution is 5.97. The number of aryl methyl sites for hydroxylation is 1. The monoisotopic (exact) mass is 425 g/mol. The summed E-state index contributed by atoms with van der Waals surface area (Å²) >= 11 is 0. The van der Waals surface area contributed by atoms with E-state index in [1.807, 2.05) is 31.2 Å². The lowest BCUT2D eigenvalue weighted by atomic mass is 9.86. The van der Waals surface area contributed by atoms with Crippen LogP contribution < -0.4 is 0 Å². The summed E-state index contributed by atoms with van der Waals surface area (Å²) in [7, 11) is 0. The zero-order valence-electron chi connectivity index (χ0n) is 17.7. The van der Waals surface area contributed by atoms with Crippen LogP contribution in [0.3, 0.4) is 0 Å². The average molecular weight is 425 g/mol. The molecule has 2 aliphatic rings. The van der Waals surface area contributed by atoms with Crippen molar-refractivity contribution in [1.82, 2.24) is 14.8 Å². The Hall–Kier alpha value is -3.80. The van der Waals surface area contributed by atoms with Gasteiger partial charge in [-0.3, -0.25) is 9.59 Å². The van der Waals surface area contributed by atoms with Gasteiger partial charge in [0.25, 0.3) is 0 Å².